The Hall–Kier alpha value is -3.14. The van der Waals surface area contributed by atoms with Crippen LogP contribution in [0.3, 0.4) is 0 Å². The summed E-state index contributed by atoms with van der Waals surface area (Å²) in [6, 6.07) is 21.1. The van der Waals surface area contributed by atoms with Gasteiger partial charge in [-0.1, -0.05) is 71.0 Å². The molecule has 0 radical (unpaired) electrons. The molecule has 2 aromatic carbocycles. The van der Waals surface area contributed by atoms with E-state index in [9.17, 15) is 0 Å². The summed E-state index contributed by atoms with van der Waals surface area (Å²) in [5, 5.41) is 8.50. The summed E-state index contributed by atoms with van der Waals surface area (Å²) in [7, 11) is 0. The Morgan fingerprint density at radius 1 is 0.571 bits per heavy atom. The molecule has 2 atom stereocenters. The molecule has 2 aromatic heterocycles. The van der Waals surface area contributed by atoms with Crippen molar-refractivity contribution in [3.63, 3.8) is 0 Å². The van der Waals surface area contributed by atoms with Crippen molar-refractivity contribution in [2.24, 2.45) is 0 Å². The summed E-state index contributed by atoms with van der Waals surface area (Å²) in [4.78, 5) is 0. The summed E-state index contributed by atoms with van der Waals surface area (Å²) in [6.45, 7) is 8.00. The Morgan fingerprint density at radius 2 is 0.929 bits per heavy atom. The lowest BCUT2D eigenvalue weighted by molar-refractivity contribution is 0.390. The van der Waals surface area contributed by atoms with E-state index in [-0.39, 0.29) is 11.8 Å². The molecule has 0 unspecified atom stereocenters. The van der Waals surface area contributed by atoms with Crippen LogP contribution in [0, 0.1) is 27.7 Å². The second-order valence-corrected chi connectivity index (χ2v) is 7.25. The van der Waals surface area contributed by atoms with Crippen LogP contribution in [-0.4, -0.2) is 10.3 Å². The van der Waals surface area contributed by atoms with Gasteiger partial charge in [0.05, 0.1) is 11.4 Å². The maximum Gasteiger partial charge on any atom is 0.137 e. The van der Waals surface area contributed by atoms with E-state index in [2.05, 4.69) is 58.8 Å². The van der Waals surface area contributed by atoms with Gasteiger partial charge in [-0.25, -0.2) is 0 Å². The second kappa shape index (κ2) is 7.47. The fourth-order valence-electron chi connectivity index (χ4n) is 4.24. The summed E-state index contributed by atoms with van der Waals surface area (Å²) in [5.74, 6) is 1.76. The molecular formula is C24H24N2O2. The Balaban J connectivity index is 2.02. The van der Waals surface area contributed by atoms with Crippen LogP contribution in [0.4, 0.5) is 0 Å². The molecule has 0 N–H and O–H groups in total. The van der Waals surface area contributed by atoms with Crippen molar-refractivity contribution < 1.29 is 9.05 Å². The number of rotatable bonds is 5. The van der Waals surface area contributed by atoms with E-state index in [4.69, 9.17) is 9.05 Å². The van der Waals surface area contributed by atoms with Gasteiger partial charge in [-0.3, -0.25) is 0 Å². The van der Waals surface area contributed by atoms with Gasteiger partial charge in [0.25, 0.3) is 0 Å². The lowest BCUT2D eigenvalue weighted by Gasteiger charge is -2.28. The first-order valence-electron chi connectivity index (χ1n) is 9.53. The van der Waals surface area contributed by atoms with Gasteiger partial charge >= 0.3 is 0 Å². The quantitative estimate of drug-likeness (QED) is 0.440. The molecule has 0 fully saturated rings. The highest BCUT2D eigenvalue weighted by Gasteiger charge is 2.35. The van der Waals surface area contributed by atoms with E-state index < -0.39 is 0 Å². The van der Waals surface area contributed by atoms with Gasteiger partial charge in [0.1, 0.15) is 11.5 Å². The lowest BCUT2D eigenvalue weighted by atomic mass is 9.72. The van der Waals surface area contributed by atoms with Gasteiger partial charge in [-0.05, 0) is 38.8 Å². The second-order valence-electron chi connectivity index (χ2n) is 7.25. The van der Waals surface area contributed by atoms with Crippen LogP contribution in [-0.2, 0) is 0 Å². The molecular weight excluding hydrogens is 348 g/mol. The van der Waals surface area contributed by atoms with Gasteiger partial charge in [0.15, 0.2) is 0 Å². The highest BCUT2D eigenvalue weighted by Crippen LogP contribution is 2.46. The standard InChI is InChI=1S/C24H24N2O2/c1-15-21(17(3)27-25-15)23(19-11-7-5-8-12-19)24(20-13-9-6-10-14-20)22-16(2)26-28-18(22)4/h5-14,23-24H,1-4H3/t23-,24-/m0/s1. The monoisotopic (exact) mass is 372 g/mol. The zero-order chi connectivity index (χ0) is 19.7. The van der Waals surface area contributed by atoms with E-state index in [1.807, 2.05) is 39.8 Å². The Kier molecular flexibility index (Phi) is 4.86. The molecule has 0 spiro atoms. The van der Waals surface area contributed by atoms with Crippen molar-refractivity contribution in [2.45, 2.75) is 39.5 Å². The summed E-state index contributed by atoms with van der Waals surface area (Å²) >= 11 is 0. The molecule has 0 aliphatic carbocycles. The van der Waals surface area contributed by atoms with Crippen LogP contribution in [0.25, 0.3) is 0 Å². The number of aryl methyl sites for hydroxylation is 4. The molecule has 4 rings (SSSR count). The van der Waals surface area contributed by atoms with Gasteiger partial charge in [0, 0.05) is 23.0 Å². The minimum Gasteiger partial charge on any atom is -0.361 e. The molecule has 4 nitrogen and oxygen atoms in total. The molecule has 4 heteroatoms. The van der Waals surface area contributed by atoms with E-state index in [0.29, 0.717) is 0 Å². The van der Waals surface area contributed by atoms with Crippen LogP contribution >= 0.6 is 0 Å². The van der Waals surface area contributed by atoms with Crippen molar-refractivity contribution in [2.75, 3.05) is 0 Å². The average molecular weight is 372 g/mol. The van der Waals surface area contributed by atoms with Crippen molar-refractivity contribution in [3.05, 3.63) is 106 Å². The number of benzene rings is 2. The van der Waals surface area contributed by atoms with E-state index in [0.717, 1.165) is 34.0 Å². The van der Waals surface area contributed by atoms with Crippen LogP contribution in [0.5, 0.6) is 0 Å². The summed E-state index contributed by atoms with van der Waals surface area (Å²) in [6.07, 6.45) is 0. The maximum atomic E-state index is 5.57. The number of nitrogens with zero attached hydrogens (tertiary/aromatic N) is 2. The minimum atomic E-state index is 0.0339. The first-order chi connectivity index (χ1) is 13.6. The van der Waals surface area contributed by atoms with E-state index in [1.165, 1.54) is 11.1 Å². The molecule has 0 aliphatic heterocycles. The topological polar surface area (TPSA) is 52.1 Å². The number of aromatic nitrogens is 2. The zero-order valence-electron chi connectivity index (χ0n) is 16.6. The average Bonchev–Trinajstić information content (AvgIpc) is 3.22. The maximum absolute atomic E-state index is 5.57. The number of hydrogen-bond acceptors (Lipinski definition) is 4. The fraction of sp³-hybridized carbons (Fsp3) is 0.250. The minimum absolute atomic E-state index is 0.0339. The zero-order valence-corrected chi connectivity index (χ0v) is 16.6. The smallest absolute Gasteiger partial charge is 0.137 e. The fourth-order valence-corrected chi connectivity index (χ4v) is 4.24. The molecule has 0 saturated carbocycles. The van der Waals surface area contributed by atoms with Gasteiger partial charge < -0.3 is 9.05 Å². The third-order valence-electron chi connectivity index (χ3n) is 5.45. The molecule has 4 aromatic rings. The van der Waals surface area contributed by atoms with Crippen LogP contribution in [0.15, 0.2) is 69.7 Å². The van der Waals surface area contributed by atoms with Crippen LogP contribution < -0.4 is 0 Å². The highest BCUT2D eigenvalue weighted by atomic mass is 16.5. The van der Waals surface area contributed by atoms with Gasteiger partial charge in [-0.15, -0.1) is 0 Å². The first kappa shape index (κ1) is 18.2. The molecule has 142 valence electrons. The Labute approximate surface area is 165 Å². The van der Waals surface area contributed by atoms with Crippen molar-refractivity contribution in [3.8, 4) is 0 Å². The van der Waals surface area contributed by atoms with Gasteiger partial charge in [0.2, 0.25) is 0 Å². The van der Waals surface area contributed by atoms with Crippen molar-refractivity contribution in [1.29, 1.82) is 0 Å². The third-order valence-corrected chi connectivity index (χ3v) is 5.45. The largest absolute Gasteiger partial charge is 0.361 e. The predicted molar refractivity (Wildman–Crippen MR) is 109 cm³/mol. The van der Waals surface area contributed by atoms with Crippen molar-refractivity contribution in [1.82, 2.24) is 10.3 Å². The Morgan fingerprint density at radius 3 is 1.21 bits per heavy atom. The van der Waals surface area contributed by atoms with E-state index in [1.54, 1.807) is 0 Å². The first-order valence-corrected chi connectivity index (χ1v) is 9.53. The lowest BCUT2D eigenvalue weighted by Crippen LogP contribution is -2.17. The van der Waals surface area contributed by atoms with Crippen LogP contribution in [0.2, 0.25) is 0 Å². The molecule has 0 bridgehead atoms. The van der Waals surface area contributed by atoms with Crippen LogP contribution in [0.1, 0.15) is 57.0 Å². The third kappa shape index (κ3) is 3.15. The molecule has 0 saturated heterocycles. The molecule has 2 heterocycles. The van der Waals surface area contributed by atoms with Crippen molar-refractivity contribution >= 4 is 0 Å². The molecule has 0 amide bonds. The molecule has 0 aliphatic rings. The summed E-state index contributed by atoms with van der Waals surface area (Å²) < 4.78 is 11.1. The van der Waals surface area contributed by atoms with E-state index >= 15 is 0 Å². The van der Waals surface area contributed by atoms with Gasteiger partial charge in [-0.2, -0.15) is 0 Å². The normalized spacial score (nSPS) is 13.4. The molecule has 28 heavy (non-hydrogen) atoms. The number of hydrogen-bond donors (Lipinski definition) is 0. The summed E-state index contributed by atoms with van der Waals surface area (Å²) in [5.41, 5.74) is 6.51. The predicted octanol–water partition coefficient (Wildman–Crippen LogP) is 5.86. The SMILES string of the molecule is Cc1noc(C)c1[C@H](c1ccccc1)[C@@H](c1ccccc1)c1c(C)noc1C. The highest BCUT2D eigenvalue weighted by molar-refractivity contribution is 5.48. The Bertz CT molecular complexity index is 938.